The van der Waals surface area contributed by atoms with Gasteiger partial charge in [-0.15, -0.1) is 11.3 Å². The molecule has 0 bridgehead atoms. The van der Waals surface area contributed by atoms with Crippen molar-refractivity contribution in [3.63, 3.8) is 0 Å². The van der Waals surface area contributed by atoms with Crippen molar-refractivity contribution < 1.29 is 18.9 Å². The van der Waals surface area contributed by atoms with Crippen LogP contribution < -0.4 is 15.5 Å². The van der Waals surface area contributed by atoms with Crippen molar-refractivity contribution in [3.05, 3.63) is 47.1 Å². The summed E-state index contributed by atoms with van der Waals surface area (Å²) in [5.74, 6) is -0.931. The minimum Gasteiger partial charge on any atom is -0.322 e. The van der Waals surface area contributed by atoms with E-state index in [-0.39, 0.29) is 30.7 Å². The summed E-state index contributed by atoms with van der Waals surface area (Å²) >= 11 is 1.27. The summed E-state index contributed by atoms with van der Waals surface area (Å²) in [6.45, 7) is 0.167. The van der Waals surface area contributed by atoms with Crippen molar-refractivity contribution in [2.75, 3.05) is 30.8 Å². The number of thiophene rings is 1. The lowest BCUT2D eigenvalue weighted by atomic mass is 10.3. The molecule has 3 N–H and O–H groups in total. The fourth-order valence-electron chi connectivity index (χ4n) is 2.01. The first-order valence-corrected chi connectivity index (χ1v) is 8.00. The highest BCUT2D eigenvalue weighted by Gasteiger charge is 2.16. The Morgan fingerprint density at radius 2 is 1.79 bits per heavy atom. The largest absolute Gasteiger partial charge is 0.322 e. The third-order valence-electron chi connectivity index (χ3n) is 3.09. The molecule has 0 aliphatic heterocycles. The van der Waals surface area contributed by atoms with E-state index in [0.717, 1.165) is 0 Å². The Balaban J connectivity index is 1.80. The van der Waals surface area contributed by atoms with Gasteiger partial charge in [0.1, 0.15) is 16.9 Å². The van der Waals surface area contributed by atoms with Crippen LogP contribution >= 0.6 is 11.3 Å². The average Bonchev–Trinajstić information content (AvgIpc) is 2.96. The van der Waals surface area contributed by atoms with Crippen LogP contribution in [0.2, 0.25) is 0 Å². The van der Waals surface area contributed by atoms with Crippen molar-refractivity contribution in [2.45, 2.75) is 0 Å². The van der Waals surface area contributed by atoms with E-state index in [4.69, 9.17) is 5.26 Å². The van der Waals surface area contributed by atoms with Gasteiger partial charge in [-0.3, -0.25) is 9.59 Å². The summed E-state index contributed by atoms with van der Waals surface area (Å²) in [7, 11) is 1.71. The van der Waals surface area contributed by atoms with Crippen LogP contribution in [-0.2, 0) is 9.59 Å². The number of carbonyl (C=O) groups excluding carboxylic acids is 2. The molecule has 124 valence electrons. The third-order valence-corrected chi connectivity index (χ3v) is 3.92. The van der Waals surface area contributed by atoms with Crippen LogP contribution in [0.25, 0.3) is 0 Å². The fraction of sp³-hybridized carbons (Fsp3) is 0.188. The number of hydrogen-bond donors (Lipinski definition) is 3. The van der Waals surface area contributed by atoms with Gasteiger partial charge in [0.25, 0.3) is 11.8 Å². The first kappa shape index (κ1) is 17.6. The van der Waals surface area contributed by atoms with Gasteiger partial charge in [-0.2, -0.15) is 5.26 Å². The van der Waals surface area contributed by atoms with E-state index in [1.165, 1.54) is 35.6 Å². The van der Waals surface area contributed by atoms with Crippen LogP contribution in [0.15, 0.2) is 35.7 Å². The number of hydrogen-bond acceptors (Lipinski definition) is 4. The van der Waals surface area contributed by atoms with Crippen LogP contribution in [0.5, 0.6) is 0 Å². The van der Waals surface area contributed by atoms with Gasteiger partial charge in [-0.25, -0.2) is 4.39 Å². The average molecular weight is 347 g/mol. The summed E-state index contributed by atoms with van der Waals surface area (Å²) < 4.78 is 12.8. The Bertz CT molecular complexity index is 767. The van der Waals surface area contributed by atoms with E-state index in [1.54, 1.807) is 18.5 Å². The predicted octanol–water partition coefficient (Wildman–Crippen LogP) is 0.851. The maximum Gasteiger partial charge on any atom is 0.280 e. The molecule has 1 unspecified atom stereocenters. The zero-order valence-electron chi connectivity index (χ0n) is 12.9. The summed E-state index contributed by atoms with van der Waals surface area (Å²) in [6.07, 6.45) is 0. The van der Waals surface area contributed by atoms with E-state index in [2.05, 4.69) is 10.6 Å². The number of nitrogens with one attached hydrogen (secondary N) is 3. The molecular formula is C16H16FN4O2S+. The Hall–Kier alpha value is -2.76. The summed E-state index contributed by atoms with van der Waals surface area (Å²) in [4.78, 5) is 24.5. The van der Waals surface area contributed by atoms with Gasteiger partial charge in [0.05, 0.1) is 12.6 Å². The predicted molar refractivity (Wildman–Crippen MR) is 89.3 cm³/mol. The molecule has 1 heterocycles. The number of rotatable bonds is 6. The van der Waals surface area contributed by atoms with E-state index in [9.17, 15) is 14.0 Å². The monoisotopic (exact) mass is 347 g/mol. The molecule has 24 heavy (non-hydrogen) atoms. The SMILES string of the molecule is C[NH+](CC(=O)Nc1ccc(F)cc1)CC(=O)Nc1sccc1C#N. The molecule has 8 heteroatoms. The number of anilines is 2. The second kappa shape index (κ2) is 8.19. The van der Waals surface area contributed by atoms with Gasteiger partial charge in [0, 0.05) is 5.69 Å². The normalized spacial score (nSPS) is 11.4. The summed E-state index contributed by atoms with van der Waals surface area (Å²) in [5, 5.41) is 16.4. The van der Waals surface area contributed by atoms with Crippen molar-refractivity contribution in [3.8, 4) is 6.07 Å². The number of nitrogens with zero attached hydrogens (tertiary/aromatic N) is 1. The van der Waals surface area contributed by atoms with Crippen molar-refractivity contribution in [1.82, 2.24) is 0 Å². The Labute approximate surface area is 142 Å². The van der Waals surface area contributed by atoms with Crippen LogP contribution in [0.3, 0.4) is 0 Å². The number of quaternary nitrogens is 1. The topological polar surface area (TPSA) is 86.4 Å². The maximum atomic E-state index is 12.8. The van der Waals surface area contributed by atoms with Gasteiger partial charge in [-0.05, 0) is 35.7 Å². The maximum absolute atomic E-state index is 12.8. The number of halogens is 1. The molecule has 0 fully saturated rings. The van der Waals surface area contributed by atoms with Gasteiger partial charge < -0.3 is 15.5 Å². The van der Waals surface area contributed by atoms with E-state index < -0.39 is 0 Å². The smallest absolute Gasteiger partial charge is 0.280 e. The molecule has 2 rings (SSSR count). The van der Waals surface area contributed by atoms with Gasteiger partial charge >= 0.3 is 0 Å². The van der Waals surface area contributed by atoms with Crippen molar-refractivity contribution in [2.24, 2.45) is 0 Å². The molecule has 1 aromatic carbocycles. The zero-order valence-corrected chi connectivity index (χ0v) is 13.7. The minimum absolute atomic E-state index is 0.0829. The second-order valence-corrected chi connectivity index (χ2v) is 6.11. The highest BCUT2D eigenvalue weighted by atomic mass is 32.1. The molecular weight excluding hydrogens is 331 g/mol. The van der Waals surface area contributed by atoms with Gasteiger partial charge in [0.15, 0.2) is 13.1 Å². The lowest BCUT2D eigenvalue weighted by Crippen LogP contribution is -3.11. The zero-order chi connectivity index (χ0) is 17.5. The van der Waals surface area contributed by atoms with E-state index in [1.807, 2.05) is 6.07 Å². The third kappa shape index (κ3) is 5.15. The number of likely N-dealkylation sites (N-methyl/N-ethyl adjacent to an activating group) is 1. The van der Waals surface area contributed by atoms with Gasteiger partial charge in [-0.1, -0.05) is 0 Å². The molecule has 0 radical (unpaired) electrons. The lowest BCUT2D eigenvalue weighted by molar-refractivity contribution is -0.862. The number of nitriles is 1. The van der Waals surface area contributed by atoms with Crippen LogP contribution in [0, 0.1) is 17.1 Å². The molecule has 0 spiro atoms. The Morgan fingerprint density at radius 3 is 2.42 bits per heavy atom. The quantitative estimate of drug-likeness (QED) is 0.724. The minimum atomic E-state index is -0.377. The molecule has 0 saturated carbocycles. The molecule has 2 amide bonds. The molecule has 1 aromatic heterocycles. The highest BCUT2D eigenvalue weighted by Crippen LogP contribution is 2.21. The Kier molecular flexibility index (Phi) is 6.01. The molecule has 2 aromatic rings. The van der Waals surface area contributed by atoms with E-state index >= 15 is 0 Å². The number of amides is 2. The second-order valence-electron chi connectivity index (χ2n) is 5.19. The van der Waals surface area contributed by atoms with Crippen LogP contribution in [0.4, 0.5) is 15.1 Å². The van der Waals surface area contributed by atoms with Gasteiger partial charge in [0.2, 0.25) is 0 Å². The first-order valence-electron chi connectivity index (χ1n) is 7.12. The fourth-order valence-corrected chi connectivity index (χ4v) is 2.77. The Morgan fingerprint density at radius 1 is 1.17 bits per heavy atom. The van der Waals surface area contributed by atoms with E-state index in [0.29, 0.717) is 21.2 Å². The summed E-state index contributed by atoms with van der Waals surface area (Å²) in [6, 6.07) is 9.08. The first-order chi connectivity index (χ1) is 11.5. The van der Waals surface area contributed by atoms with Crippen LogP contribution in [0.1, 0.15) is 5.56 Å². The lowest BCUT2D eigenvalue weighted by Gasteiger charge is -2.13. The molecule has 0 saturated heterocycles. The standard InChI is InChI=1S/C16H15FN4O2S/c1-21(9-14(22)19-13-4-2-12(17)3-5-13)10-15(23)20-16-11(8-18)6-7-24-16/h2-7H,9-10H2,1H3,(H,19,22)(H,20,23)/p+1. The van der Waals surface area contributed by atoms with Crippen molar-refractivity contribution in [1.29, 1.82) is 5.26 Å². The molecule has 1 atom stereocenters. The summed E-state index contributed by atoms with van der Waals surface area (Å²) in [5.41, 5.74) is 0.913. The molecule has 0 aliphatic carbocycles. The molecule has 0 aliphatic rings. The van der Waals surface area contributed by atoms with Crippen LogP contribution in [-0.4, -0.2) is 32.0 Å². The van der Waals surface area contributed by atoms with Crippen molar-refractivity contribution >= 4 is 33.8 Å². The number of benzene rings is 1. The highest BCUT2D eigenvalue weighted by molar-refractivity contribution is 7.14. The number of carbonyl (C=O) groups is 2. The molecule has 6 nitrogen and oxygen atoms in total.